The Morgan fingerprint density at radius 2 is 2.20 bits per heavy atom. The van der Waals surface area contributed by atoms with Gasteiger partial charge in [-0.25, -0.2) is 4.39 Å². The second-order valence-electron chi connectivity index (χ2n) is 5.06. The van der Waals surface area contributed by atoms with Gasteiger partial charge in [0.2, 0.25) is 0 Å². The Morgan fingerprint density at radius 3 is 2.80 bits per heavy atom. The van der Waals surface area contributed by atoms with Crippen LogP contribution < -0.4 is 4.90 Å². The number of hydrogen-bond donors (Lipinski definition) is 0. The monoisotopic (exact) mass is 269 g/mol. The standard InChI is InChI=1S/C16H16FN3/c1-10(2)9-20(4)16-12(7-18)8-19-15-11(3)5-13(17)6-14(15)16/h5-6,8H,1,9H2,2-4H3. The van der Waals surface area contributed by atoms with Gasteiger partial charge in [-0.1, -0.05) is 12.2 Å². The molecule has 20 heavy (non-hydrogen) atoms. The van der Waals surface area contributed by atoms with Crippen LogP contribution in [0.1, 0.15) is 18.1 Å². The summed E-state index contributed by atoms with van der Waals surface area (Å²) in [6.45, 7) is 8.20. The first-order valence-corrected chi connectivity index (χ1v) is 6.28. The van der Waals surface area contributed by atoms with Crippen molar-refractivity contribution in [2.75, 3.05) is 18.5 Å². The number of benzene rings is 1. The summed E-state index contributed by atoms with van der Waals surface area (Å²) in [7, 11) is 1.87. The van der Waals surface area contributed by atoms with Gasteiger partial charge in [0.25, 0.3) is 0 Å². The molecular formula is C16H16FN3. The summed E-state index contributed by atoms with van der Waals surface area (Å²) in [6.07, 6.45) is 1.54. The Morgan fingerprint density at radius 1 is 1.50 bits per heavy atom. The van der Waals surface area contributed by atoms with Crippen LogP contribution in [-0.4, -0.2) is 18.6 Å². The molecule has 0 aliphatic carbocycles. The van der Waals surface area contributed by atoms with Gasteiger partial charge in [0, 0.05) is 25.2 Å². The number of nitriles is 1. The van der Waals surface area contributed by atoms with Crippen molar-refractivity contribution in [3.8, 4) is 6.07 Å². The molecule has 0 aliphatic heterocycles. The van der Waals surface area contributed by atoms with Crippen LogP contribution in [0.5, 0.6) is 0 Å². The molecule has 0 atom stereocenters. The van der Waals surface area contributed by atoms with E-state index in [1.807, 2.05) is 25.8 Å². The van der Waals surface area contributed by atoms with Crippen LogP contribution in [0.3, 0.4) is 0 Å². The third-order valence-corrected chi connectivity index (χ3v) is 3.11. The highest BCUT2D eigenvalue weighted by Crippen LogP contribution is 2.31. The Kier molecular flexibility index (Phi) is 3.71. The quantitative estimate of drug-likeness (QED) is 0.800. The first kappa shape index (κ1) is 14.0. The first-order valence-electron chi connectivity index (χ1n) is 6.28. The zero-order chi connectivity index (χ0) is 14.9. The van der Waals surface area contributed by atoms with Gasteiger partial charge < -0.3 is 4.90 Å². The van der Waals surface area contributed by atoms with Crippen LogP contribution >= 0.6 is 0 Å². The van der Waals surface area contributed by atoms with Crippen molar-refractivity contribution in [1.29, 1.82) is 5.26 Å². The molecule has 0 aliphatic rings. The lowest BCUT2D eigenvalue weighted by molar-refractivity contribution is 0.628. The zero-order valence-corrected chi connectivity index (χ0v) is 11.9. The second-order valence-corrected chi connectivity index (χ2v) is 5.06. The first-order chi connectivity index (χ1) is 9.43. The van der Waals surface area contributed by atoms with Gasteiger partial charge in [0.05, 0.1) is 16.8 Å². The van der Waals surface area contributed by atoms with Crippen LogP contribution in [0, 0.1) is 24.1 Å². The molecule has 3 nitrogen and oxygen atoms in total. The minimum Gasteiger partial charge on any atom is -0.369 e. The number of aromatic nitrogens is 1. The molecule has 1 heterocycles. The van der Waals surface area contributed by atoms with E-state index in [2.05, 4.69) is 17.6 Å². The second kappa shape index (κ2) is 5.30. The molecule has 0 amide bonds. The van der Waals surface area contributed by atoms with E-state index in [0.29, 0.717) is 28.7 Å². The summed E-state index contributed by atoms with van der Waals surface area (Å²) >= 11 is 0. The van der Waals surface area contributed by atoms with E-state index in [1.54, 1.807) is 0 Å². The van der Waals surface area contributed by atoms with Crippen molar-refractivity contribution in [2.45, 2.75) is 13.8 Å². The molecule has 0 unspecified atom stereocenters. The summed E-state index contributed by atoms with van der Waals surface area (Å²) in [4.78, 5) is 6.18. The Labute approximate surface area is 118 Å². The van der Waals surface area contributed by atoms with Crippen molar-refractivity contribution in [2.24, 2.45) is 0 Å². The maximum Gasteiger partial charge on any atom is 0.124 e. The number of pyridine rings is 1. The van der Waals surface area contributed by atoms with E-state index in [1.165, 1.54) is 18.3 Å². The van der Waals surface area contributed by atoms with E-state index in [-0.39, 0.29) is 5.82 Å². The van der Waals surface area contributed by atoms with E-state index in [9.17, 15) is 9.65 Å². The van der Waals surface area contributed by atoms with Crippen LogP contribution in [0.15, 0.2) is 30.5 Å². The summed E-state index contributed by atoms with van der Waals surface area (Å²) in [5, 5.41) is 9.92. The number of nitrogens with zero attached hydrogens (tertiary/aromatic N) is 3. The molecule has 1 aromatic heterocycles. The lowest BCUT2D eigenvalue weighted by atomic mass is 10.1. The fourth-order valence-corrected chi connectivity index (χ4v) is 2.40. The van der Waals surface area contributed by atoms with Crippen molar-refractivity contribution in [1.82, 2.24) is 4.98 Å². The van der Waals surface area contributed by atoms with Crippen molar-refractivity contribution in [3.63, 3.8) is 0 Å². The molecule has 0 spiro atoms. The molecule has 102 valence electrons. The molecule has 4 heteroatoms. The Balaban J connectivity index is 2.78. The molecule has 1 aromatic carbocycles. The lowest BCUT2D eigenvalue weighted by Gasteiger charge is -2.22. The maximum atomic E-state index is 13.7. The molecular weight excluding hydrogens is 253 g/mol. The number of rotatable bonds is 3. The highest BCUT2D eigenvalue weighted by Gasteiger charge is 2.15. The molecule has 0 N–H and O–H groups in total. The summed E-state index contributed by atoms with van der Waals surface area (Å²) in [5.74, 6) is -0.322. The largest absolute Gasteiger partial charge is 0.369 e. The molecule has 0 saturated carbocycles. The van der Waals surface area contributed by atoms with Crippen molar-refractivity contribution < 1.29 is 4.39 Å². The minimum absolute atomic E-state index is 0.322. The van der Waals surface area contributed by atoms with E-state index >= 15 is 0 Å². The minimum atomic E-state index is -0.322. The van der Waals surface area contributed by atoms with E-state index < -0.39 is 0 Å². The third kappa shape index (κ3) is 2.48. The fraction of sp³-hybridized carbons (Fsp3) is 0.250. The number of fused-ring (bicyclic) bond motifs is 1. The van der Waals surface area contributed by atoms with Gasteiger partial charge >= 0.3 is 0 Å². The third-order valence-electron chi connectivity index (χ3n) is 3.11. The normalized spacial score (nSPS) is 10.3. The van der Waals surface area contributed by atoms with Gasteiger partial charge in [0.15, 0.2) is 0 Å². The Bertz CT molecular complexity index is 729. The van der Waals surface area contributed by atoms with Gasteiger partial charge in [-0.05, 0) is 31.5 Å². The molecule has 2 aromatic rings. The van der Waals surface area contributed by atoms with Crippen LogP contribution in [0.4, 0.5) is 10.1 Å². The summed E-state index contributed by atoms with van der Waals surface area (Å²) in [5.41, 5.74) is 3.58. The smallest absolute Gasteiger partial charge is 0.124 e. The van der Waals surface area contributed by atoms with Crippen LogP contribution in [0.2, 0.25) is 0 Å². The van der Waals surface area contributed by atoms with Crippen LogP contribution in [-0.2, 0) is 0 Å². The molecule has 0 fully saturated rings. The predicted molar refractivity (Wildman–Crippen MR) is 79.2 cm³/mol. The number of aryl methyl sites for hydroxylation is 1. The Hall–Kier alpha value is -2.41. The van der Waals surface area contributed by atoms with Crippen molar-refractivity contribution in [3.05, 3.63) is 47.4 Å². The highest BCUT2D eigenvalue weighted by molar-refractivity contribution is 5.96. The highest BCUT2D eigenvalue weighted by atomic mass is 19.1. The van der Waals surface area contributed by atoms with Gasteiger partial charge in [-0.3, -0.25) is 4.98 Å². The average molecular weight is 269 g/mol. The SMILES string of the molecule is C=C(C)CN(C)c1c(C#N)cnc2c(C)cc(F)cc12. The van der Waals surface area contributed by atoms with Gasteiger partial charge in [-0.2, -0.15) is 5.26 Å². The topological polar surface area (TPSA) is 39.9 Å². The molecule has 2 rings (SSSR count). The molecule has 0 saturated heterocycles. The summed E-state index contributed by atoms with van der Waals surface area (Å²) in [6, 6.07) is 5.00. The van der Waals surface area contributed by atoms with Crippen LogP contribution in [0.25, 0.3) is 10.9 Å². The number of halogens is 1. The van der Waals surface area contributed by atoms with Crippen molar-refractivity contribution >= 4 is 16.6 Å². The molecule has 0 bridgehead atoms. The number of anilines is 1. The molecule has 0 radical (unpaired) electrons. The van der Waals surface area contributed by atoms with Gasteiger partial charge in [-0.15, -0.1) is 0 Å². The lowest BCUT2D eigenvalue weighted by Crippen LogP contribution is -2.20. The fourth-order valence-electron chi connectivity index (χ4n) is 2.40. The predicted octanol–water partition coefficient (Wildman–Crippen LogP) is 3.57. The number of likely N-dealkylation sites (N-methyl/N-ethyl adjacent to an activating group) is 1. The van der Waals surface area contributed by atoms with Gasteiger partial charge in [0.1, 0.15) is 11.9 Å². The summed E-state index contributed by atoms with van der Waals surface area (Å²) < 4.78 is 13.7. The van der Waals surface area contributed by atoms with E-state index in [4.69, 9.17) is 0 Å². The zero-order valence-electron chi connectivity index (χ0n) is 11.9. The average Bonchev–Trinajstić information content (AvgIpc) is 2.35. The number of hydrogen-bond acceptors (Lipinski definition) is 3. The van der Waals surface area contributed by atoms with E-state index in [0.717, 1.165) is 11.1 Å². The maximum absolute atomic E-state index is 13.7.